The fourth-order valence-electron chi connectivity index (χ4n) is 3.04. The lowest BCUT2D eigenvalue weighted by molar-refractivity contribution is -0.115. The second-order valence-corrected chi connectivity index (χ2v) is 7.31. The van der Waals surface area contributed by atoms with E-state index in [2.05, 4.69) is 15.2 Å². The largest absolute Gasteiger partial charge is 0.494 e. The highest BCUT2D eigenvalue weighted by atomic mass is 32.2. The molecule has 27 heavy (non-hydrogen) atoms. The van der Waals surface area contributed by atoms with E-state index < -0.39 is 0 Å². The maximum Gasteiger partial charge on any atom is 0.264 e. The van der Waals surface area contributed by atoms with Crippen LogP contribution in [0.2, 0.25) is 0 Å². The molecule has 3 heterocycles. The number of furan rings is 1. The summed E-state index contributed by atoms with van der Waals surface area (Å²) in [5, 5.41) is 3.35. The number of benzene rings is 1. The molecule has 6 nitrogen and oxygen atoms in total. The third kappa shape index (κ3) is 4.19. The van der Waals surface area contributed by atoms with E-state index in [0.29, 0.717) is 22.4 Å². The lowest BCUT2D eigenvalue weighted by Gasteiger charge is -2.12. The van der Waals surface area contributed by atoms with Crippen molar-refractivity contribution in [2.24, 2.45) is 4.99 Å². The average molecular weight is 383 g/mol. The van der Waals surface area contributed by atoms with Crippen molar-refractivity contribution < 1.29 is 13.9 Å². The Morgan fingerprint density at radius 2 is 2.00 bits per heavy atom. The molecular formula is C20H21N3O3S. The smallest absolute Gasteiger partial charge is 0.264 e. The number of amides is 1. The number of carbonyl (C=O) groups excluding carboxylic acids is 1. The maximum atomic E-state index is 12.2. The van der Waals surface area contributed by atoms with E-state index in [-0.39, 0.29) is 5.91 Å². The fourth-order valence-corrected chi connectivity index (χ4v) is 3.86. The van der Waals surface area contributed by atoms with E-state index in [9.17, 15) is 4.79 Å². The molecule has 0 aliphatic carbocycles. The molecule has 1 amide bonds. The van der Waals surface area contributed by atoms with E-state index in [1.54, 1.807) is 6.08 Å². The molecular weight excluding hydrogens is 362 g/mol. The Bertz CT molecular complexity index is 880. The van der Waals surface area contributed by atoms with Gasteiger partial charge in [-0.3, -0.25) is 4.79 Å². The van der Waals surface area contributed by atoms with E-state index in [0.717, 1.165) is 30.4 Å². The number of nitrogens with one attached hydrogen (secondary N) is 1. The van der Waals surface area contributed by atoms with E-state index in [1.807, 2.05) is 43.3 Å². The lowest BCUT2D eigenvalue weighted by atomic mass is 10.3. The van der Waals surface area contributed by atoms with Crippen LogP contribution < -0.4 is 15.0 Å². The fraction of sp³-hybridized carbons (Fsp3) is 0.300. The summed E-state index contributed by atoms with van der Waals surface area (Å²) < 4.78 is 11.3. The van der Waals surface area contributed by atoms with Gasteiger partial charge in [0.05, 0.1) is 17.2 Å². The molecule has 2 aliphatic rings. The molecule has 2 saturated heterocycles. The van der Waals surface area contributed by atoms with Crippen LogP contribution in [0.25, 0.3) is 6.08 Å². The highest BCUT2D eigenvalue weighted by Gasteiger charge is 2.24. The summed E-state index contributed by atoms with van der Waals surface area (Å²) in [6, 6.07) is 11.3. The van der Waals surface area contributed by atoms with Crippen molar-refractivity contribution >= 4 is 40.5 Å². The van der Waals surface area contributed by atoms with Gasteiger partial charge in [-0.1, -0.05) is 0 Å². The normalized spacial score (nSPS) is 19.9. The summed E-state index contributed by atoms with van der Waals surface area (Å²) in [4.78, 5) is 19.5. The van der Waals surface area contributed by atoms with Gasteiger partial charge in [0.15, 0.2) is 11.1 Å². The molecule has 2 fully saturated rings. The van der Waals surface area contributed by atoms with Crippen LogP contribution in [0.3, 0.4) is 0 Å². The number of anilines is 1. The van der Waals surface area contributed by atoms with Gasteiger partial charge in [-0.05, 0) is 61.9 Å². The summed E-state index contributed by atoms with van der Waals surface area (Å²) in [5.41, 5.74) is 0.761. The number of amidine groups is 1. The second kappa shape index (κ2) is 7.92. The summed E-state index contributed by atoms with van der Waals surface area (Å²) in [5.74, 6) is 2.18. The van der Waals surface area contributed by atoms with Gasteiger partial charge in [-0.25, -0.2) is 4.99 Å². The van der Waals surface area contributed by atoms with E-state index >= 15 is 0 Å². The lowest BCUT2D eigenvalue weighted by Crippen LogP contribution is -2.19. The van der Waals surface area contributed by atoms with Crippen LogP contribution in [0.4, 0.5) is 11.6 Å². The summed E-state index contributed by atoms with van der Waals surface area (Å²) >= 11 is 1.31. The Hall–Kier alpha value is -2.67. The van der Waals surface area contributed by atoms with Crippen LogP contribution in [-0.4, -0.2) is 30.8 Å². The molecule has 0 saturated carbocycles. The molecule has 2 aromatic rings. The molecule has 0 unspecified atom stereocenters. The van der Waals surface area contributed by atoms with Gasteiger partial charge in [0.25, 0.3) is 5.91 Å². The second-order valence-electron chi connectivity index (χ2n) is 6.28. The number of hydrogen-bond acceptors (Lipinski definition) is 6. The summed E-state index contributed by atoms with van der Waals surface area (Å²) in [7, 11) is 0. The van der Waals surface area contributed by atoms with Crippen molar-refractivity contribution in [3.8, 4) is 5.75 Å². The molecule has 0 radical (unpaired) electrons. The van der Waals surface area contributed by atoms with Crippen LogP contribution in [0.5, 0.6) is 5.75 Å². The number of ether oxygens (including phenoxy) is 1. The van der Waals surface area contributed by atoms with Crippen LogP contribution >= 0.6 is 11.8 Å². The first-order valence-corrected chi connectivity index (χ1v) is 9.90. The van der Waals surface area contributed by atoms with Gasteiger partial charge >= 0.3 is 0 Å². The number of thioether (sulfide) groups is 1. The highest BCUT2D eigenvalue weighted by molar-refractivity contribution is 8.18. The van der Waals surface area contributed by atoms with Gasteiger partial charge < -0.3 is 19.4 Å². The molecule has 0 spiro atoms. The van der Waals surface area contributed by atoms with Gasteiger partial charge in [0.1, 0.15) is 11.5 Å². The molecule has 2 aliphatic heterocycles. The monoisotopic (exact) mass is 383 g/mol. The number of rotatable bonds is 5. The Balaban J connectivity index is 1.46. The number of nitrogens with zero attached hydrogens (tertiary/aromatic N) is 2. The van der Waals surface area contributed by atoms with Crippen LogP contribution in [0.15, 0.2) is 50.7 Å². The summed E-state index contributed by atoms with van der Waals surface area (Å²) in [6.45, 7) is 4.62. The topological polar surface area (TPSA) is 67.1 Å². The maximum absolute atomic E-state index is 12.2. The third-order valence-corrected chi connectivity index (χ3v) is 5.24. The SMILES string of the molecule is CCOc1ccc(N=C2NC(=O)C(=Cc3ccc(N4CCCC4)o3)S2)cc1. The standard InChI is InChI=1S/C20H21N3O3S/c1-2-25-15-7-5-14(6-8-15)21-20-22-19(24)17(27-20)13-16-9-10-18(26-16)23-11-3-4-12-23/h5-10,13H,2-4,11-12H2,1H3,(H,21,22,24). The first-order valence-electron chi connectivity index (χ1n) is 9.08. The van der Waals surface area contributed by atoms with Crippen LogP contribution in [0, 0.1) is 0 Å². The van der Waals surface area contributed by atoms with Crippen molar-refractivity contribution in [1.82, 2.24) is 5.32 Å². The molecule has 4 rings (SSSR count). The van der Waals surface area contributed by atoms with Crippen LogP contribution in [-0.2, 0) is 4.79 Å². The molecule has 1 aromatic carbocycles. The Morgan fingerprint density at radius 3 is 2.74 bits per heavy atom. The average Bonchev–Trinajstić information content (AvgIpc) is 3.39. The van der Waals surface area contributed by atoms with Gasteiger partial charge in [0.2, 0.25) is 0 Å². The van der Waals surface area contributed by atoms with E-state index in [4.69, 9.17) is 9.15 Å². The number of carbonyl (C=O) groups is 1. The molecule has 0 atom stereocenters. The molecule has 1 N–H and O–H groups in total. The van der Waals surface area contributed by atoms with Gasteiger partial charge in [-0.15, -0.1) is 0 Å². The van der Waals surface area contributed by atoms with Crippen molar-refractivity contribution in [1.29, 1.82) is 0 Å². The number of aliphatic imine (C=N–C) groups is 1. The van der Waals surface area contributed by atoms with Crippen LogP contribution in [0.1, 0.15) is 25.5 Å². The minimum absolute atomic E-state index is 0.163. The first-order chi connectivity index (χ1) is 13.2. The van der Waals surface area contributed by atoms with Crippen molar-refractivity contribution in [2.75, 3.05) is 24.6 Å². The van der Waals surface area contributed by atoms with Crippen molar-refractivity contribution in [3.05, 3.63) is 47.1 Å². The third-order valence-electron chi connectivity index (χ3n) is 4.33. The predicted molar refractivity (Wildman–Crippen MR) is 109 cm³/mol. The minimum atomic E-state index is -0.163. The zero-order chi connectivity index (χ0) is 18.6. The van der Waals surface area contributed by atoms with Gasteiger partial charge in [-0.2, -0.15) is 0 Å². The number of hydrogen-bond donors (Lipinski definition) is 1. The first kappa shape index (κ1) is 17.7. The van der Waals surface area contributed by atoms with E-state index in [1.165, 1.54) is 24.6 Å². The summed E-state index contributed by atoms with van der Waals surface area (Å²) in [6.07, 6.45) is 4.15. The molecule has 0 bridgehead atoms. The van der Waals surface area contributed by atoms with Crippen molar-refractivity contribution in [3.63, 3.8) is 0 Å². The zero-order valence-corrected chi connectivity index (χ0v) is 15.9. The highest BCUT2D eigenvalue weighted by Crippen LogP contribution is 2.30. The predicted octanol–water partition coefficient (Wildman–Crippen LogP) is 4.17. The molecule has 140 valence electrons. The Kier molecular flexibility index (Phi) is 5.20. The minimum Gasteiger partial charge on any atom is -0.494 e. The Labute approximate surface area is 162 Å². The van der Waals surface area contributed by atoms with Gasteiger partial charge in [0, 0.05) is 25.2 Å². The molecule has 7 heteroatoms. The molecule has 1 aromatic heterocycles. The zero-order valence-electron chi connectivity index (χ0n) is 15.1. The van der Waals surface area contributed by atoms with Crippen molar-refractivity contribution in [2.45, 2.75) is 19.8 Å². The quantitative estimate of drug-likeness (QED) is 0.785. The Morgan fingerprint density at radius 1 is 1.22 bits per heavy atom.